The van der Waals surface area contributed by atoms with Crippen molar-refractivity contribution in [1.82, 2.24) is 0 Å². The largest absolute Gasteiger partial charge is 0.291 e. The molecule has 0 fully saturated rings. The highest BCUT2D eigenvalue weighted by Gasteiger charge is 2.02. The van der Waals surface area contributed by atoms with Gasteiger partial charge in [-0.3, -0.25) is 9.59 Å². The van der Waals surface area contributed by atoms with Gasteiger partial charge in [-0.05, 0) is 18.8 Å². The van der Waals surface area contributed by atoms with Gasteiger partial charge in [0.15, 0.2) is 6.29 Å². The molecule has 0 saturated carbocycles. The average molecular weight is 335 g/mol. The van der Waals surface area contributed by atoms with Crippen molar-refractivity contribution < 1.29 is 9.59 Å². The van der Waals surface area contributed by atoms with Gasteiger partial charge < -0.3 is 0 Å². The van der Waals surface area contributed by atoms with Crippen LogP contribution in [0.5, 0.6) is 0 Å². The Balaban J connectivity index is 3.21. The van der Waals surface area contributed by atoms with Crippen molar-refractivity contribution in [2.45, 2.75) is 104 Å². The van der Waals surface area contributed by atoms with Crippen LogP contribution in [0.25, 0.3) is 0 Å². The fourth-order valence-electron chi connectivity index (χ4n) is 2.91. The predicted octanol–water partition coefficient (Wildman–Crippen LogP) is 6.50. The van der Waals surface area contributed by atoms with E-state index in [0.29, 0.717) is 0 Å². The second-order valence-corrected chi connectivity index (χ2v) is 7.36. The Bertz CT molecular complexity index is 307. The topological polar surface area (TPSA) is 34.1 Å². The van der Waals surface area contributed by atoms with E-state index in [9.17, 15) is 9.59 Å². The minimum atomic E-state index is -0.395. The number of hydrogen-bond donors (Lipinski definition) is 0. The molecule has 0 N–H and O–H groups in total. The van der Waals surface area contributed by atoms with Crippen molar-refractivity contribution in [2.75, 3.05) is 0 Å². The first-order valence-corrected chi connectivity index (χ1v) is 10.1. The molecule has 0 spiro atoms. The Kier molecular flexibility index (Phi) is 17.7. The van der Waals surface area contributed by atoms with E-state index in [0.717, 1.165) is 12.3 Å². The van der Waals surface area contributed by atoms with Gasteiger partial charge in [-0.1, -0.05) is 96.6 Å². The molecule has 0 aliphatic heterocycles. The summed E-state index contributed by atoms with van der Waals surface area (Å²) < 4.78 is 0. The summed E-state index contributed by atoms with van der Waals surface area (Å²) in [6.07, 6.45) is 24.8. The molecule has 138 valence electrons. The zero-order chi connectivity index (χ0) is 17.9. The smallest absolute Gasteiger partial charge is 0.206 e. The average Bonchev–Trinajstić information content (AvgIpc) is 2.57. The number of unbranched alkanes of at least 4 members (excludes halogenated alkanes) is 11. The molecule has 1 unspecified atom stereocenters. The highest BCUT2D eigenvalue weighted by molar-refractivity contribution is 5.64. The van der Waals surface area contributed by atoms with Crippen LogP contribution < -0.4 is 0 Å². The Hall–Kier alpha value is -0.920. The lowest BCUT2D eigenvalue weighted by Crippen LogP contribution is -1.97. The van der Waals surface area contributed by atoms with Gasteiger partial charge in [0.05, 0.1) is 5.92 Å². The highest BCUT2D eigenvalue weighted by Crippen LogP contribution is 2.14. The van der Waals surface area contributed by atoms with E-state index in [1.54, 1.807) is 12.4 Å². The summed E-state index contributed by atoms with van der Waals surface area (Å²) in [6, 6.07) is 0. The fraction of sp³-hybridized carbons (Fsp3) is 0.818. The maximum absolute atomic E-state index is 10.5. The molecule has 0 rings (SSSR count). The van der Waals surface area contributed by atoms with E-state index < -0.39 is 5.92 Å². The zero-order valence-corrected chi connectivity index (χ0v) is 16.0. The van der Waals surface area contributed by atoms with Crippen molar-refractivity contribution in [3.05, 3.63) is 12.2 Å². The molecule has 0 aliphatic rings. The van der Waals surface area contributed by atoms with Crippen LogP contribution in [0.2, 0.25) is 0 Å². The molecule has 0 heterocycles. The van der Waals surface area contributed by atoms with Gasteiger partial charge in [0.25, 0.3) is 0 Å². The number of allylic oxidation sites excluding steroid dienone is 2. The van der Waals surface area contributed by atoms with E-state index in [-0.39, 0.29) is 6.42 Å². The molecule has 2 nitrogen and oxygen atoms in total. The van der Waals surface area contributed by atoms with Gasteiger partial charge in [0.2, 0.25) is 6.29 Å². The van der Waals surface area contributed by atoms with Gasteiger partial charge in [0.1, 0.15) is 0 Å². The van der Waals surface area contributed by atoms with E-state index in [1.807, 2.05) is 12.4 Å². The number of rotatable bonds is 18. The second kappa shape index (κ2) is 18.4. The number of carbonyl (C=O) groups excluding carboxylic acids is 2. The van der Waals surface area contributed by atoms with E-state index in [2.05, 4.69) is 13.8 Å². The summed E-state index contributed by atoms with van der Waals surface area (Å²) in [5.74, 6) is 0.466. The van der Waals surface area contributed by atoms with Crippen LogP contribution in [0, 0.1) is 11.8 Å². The molecule has 0 aliphatic carbocycles. The molecule has 0 amide bonds. The molecule has 1 atom stereocenters. The Morgan fingerprint density at radius 3 is 1.71 bits per heavy atom. The molecular weight excluding hydrogens is 296 g/mol. The Morgan fingerprint density at radius 2 is 1.25 bits per heavy atom. The number of hydrogen-bond acceptors (Lipinski definition) is 2. The van der Waals surface area contributed by atoms with Crippen molar-refractivity contribution in [2.24, 2.45) is 11.8 Å². The first-order valence-electron chi connectivity index (χ1n) is 10.1. The van der Waals surface area contributed by atoms with E-state index >= 15 is 0 Å². The molecule has 0 aromatic rings. The molecule has 0 saturated heterocycles. The summed E-state index contributed by atoms with van der Waals surface area (Å²) in [4.78, 5) is 20.7. The molecule has 0 bridgehead atoms. The molecular formula is C22H38O2. The molecule has 0 aromatic heterocycles. The standard InChI is InChI=1S/C22H38O2/c1-21(2)16-14-12-10-8-6-4-3-5-7-9-11-13-15-17-22(20-24)18-19-23/h15,17,21-22H,3-14,16,18H2,1-2H3. The first kappa shape index (κ1) is 23.1. The van der Waals surface area contributed by atoms with Crippen molar-refractivity contribution >= 4 is 12.6 Å². The predicted molar refractivity (Wildman–Crippen MR) is 103 cm³/mol. The normalized spacial score (nSPS) is 12.8. The third kappa shape index (κ3) is 17.4. The van der Waals surface area contributed by atoms with Gasteiger partial charge in [0, 0.05) is 6.42 Å². The summed E-state index contributed by atoms with van der Waals surface area (Å²) in [7, 11) is 0. The van der Waals surface area contributed by atoms with Gasteiger partial charge in [-0.15, -0.1) is 0 Å². The third-order valence-corrected chi connectivity index (χ3v) is 4.48. The van der Waals surface area contributed by atoms with Gasteiger partial charge in [-0.25, -0.2) is 0 Å². The van der Waals surface area contributed by atoms with Crippen LogP contribution in [-0.4, -0.2) is 12.6 Å². The van der Waals surface area contributed by atoms with Crippen molar-refractivity contribution in [3.8, 4) is 0 Å². The van der Waals surface area contributed by atoms with Crippen LogP contribution in [0.4, 0.5) is 0 Å². The monoisotopic (exact) mass is 334 g/mol. The van der Waals surface area contributed by atoms with Crippen LogP contribution >= 0.6 is 0 Å². The Labute approximate surface area is 150 Å². The van der Waals surface area contributed by atoms with Crippen LogP contribution in [-0.2, 0) is 9.59 Å². The van der Waals surface area contributed by atoms with E-state index in [4.69, 9.17) is 0 Å². The summed E-state index contributed by atoms with van der Waals surface area (Å²) in [6.45, 7) is 4.62. The minimum absolute atomic E-state index is 0.137. The van der Waals surface area contributed by atoms with Crippen molar-refractivity contribution in [1.29, 1.82) is 0 Å². The second-order valence-electron chi connectivity index (χ2n) is 7.36. The minimum Gasteiger partial charge on any atom is -0.291 e. The van der Waals surface area contributed by atoms with Crippen LogP contribution in [0.3, 0.4) is 0 Å². The molecule has 0 aromatic carbocycles. The lowest BCUT2D eigenvalue weighted by atomic mass is 10.0. The van der Waals surface area contributed by atoms with Gasteiger partial charge >= 0.3 is 0 Å². The SMILES string of the molecule is CC(C)CCCCCCCCCCCCCC=CC([C]=O)C[C]=O. The maximum Gasteiger partial charge on any atom is 0.206 e. The summed E-state index contributed by atoms with van der Waals surface area (Å²) in [5.41, 5.74) is 0. The molecule has 2 radical (unpaired) electrons. The first-order chi connectivity index (χ1) is 11.7. The lowest BCUT2D eigenvalue weighted by molar-refractivity contribution is 0.504. The zero-order valence-electron chi connectivity index (χ0n) is 16.0. The summed E-state index contributed by atoms with van der Waals surface area (Å²) in [5, 5.41) is 0. The third-order valence-electron chi connectivity index (χ3n) is 4.48. The van der Waals surface area contributed by atoms with Crippen LogP contribution in [0.1, 0.15) is 104 Å². The van der Waals surface area contributed by atoms with Crippen LogP contribution in [0.15, 0.2) is 12.2 Å². The lowest BCUT2D eigenvalue weighted by Gasteiger charge is -2.04. The quantitative estimate of drug-likeness (QED) is 0.212. The van der Waals surface area contributed by atoms with Crippen molar-refractivity contribution in [3.63, 3.8) is 0 Å². The van der Waals surface area contributed by atoms with E-state index in [1.165, 1.54) is 77.0 Å². The highest BCUT2D eigenvalue weighted by atomic mass is 16.1. The molecule has 24 heavy (non-hydrogen) atoms. The Morgan fingerprint density at radius 1 is 0.750 bits per heavy atom. The molecule has 2 heteroatoms. The fourth-order valence-corrected chi connectivity index (χ4v) is 2.91. The van der Waals surface area contributed by atoms with Gasteiger partial charge in [-0.2, -0.15) is 0 Å². The maximum atomic E-state index is 10.5. The summed E-state index contributed by atoms with van der Waals surface area (Å²) >= 11 is 0.